The molecular formula is C17H22N6. The van der Waals surface area contributed by atoms with E-state index in [1.54, 1.807) is 0 Å². The zero-order valence-electron chi connectivity index (χ0n) is 13.7. The highest BCUT2D eigenvalue weighted by molar-refractivity contribution is 5.49. The van der Waals surface area contributed by atoms with Crippen molar-refractivity contribution in [2.24, 2.45) is 0 Å². The van der Waals surface area contributed by atoms with Crippen LogP contribution < -0.4 is 9.80 Å². The van der Waals surface area contributed by atoms with Crippen molar-refractivity contribution in [2.45, 2.75) is 38.6 Å². The fraction of sp³-hybridized carbons (Fsp3) is 0.529. The third-order valence-corrected chi connectivity index (χ3v) is 4.91. The summed E-state index contributed by atoms with van der Waals surface area (Å²) in [6, 6.07) is 4.67. The predicted molar refractivity (Wildman–Crippen MR) is 89.8 cm³/mol. The van der Waals surface area contributed by atoms with Gasteiger partial charge in [-0.3, -0.25) is 0 Å². The molecular weight excluding hydrogens is 288 g/mol. The normalized spacial score (nSPS) is 17.6. The summed E-state index contributed by atoms with van der Waals surface area (Å²) in [6.45, 7) is 3.85. The van der Waals surface area contributed by atoms with Gasteiger partial charge in [-0.15, -0.1) is 5.10 Å². The second-order valence-electron chi connectivity index (χ2n) is 6.51. The van der Waals surface area contributed by atoms with Gasteiger partial charge in [0.2, 0.25) is 0 Å². The number of rotatable bonds is 3. The average Bonchev–Trinajstić information content (AvgIpc) is 2.53. The van der Waals surface area contributed by atoms with Gasteiger partial charge >= 0.3 is 0 Å². The minimum absolute atomic E-state index is 0.460. The van der Waals surface area contributed by atoms with Crippen LogP contribution in [0.3, 0.4) is 0 Å². The van der Waals surface area contributed by atoms with Gasteiger partial charge in [0.1, 0.15) is 11.6 Å². The lowest BCUT2D eigenvalue weighted by molar-refractivity contribution is 0.486. The van der Waals surface area contributed by atoms with Gasteiger partial charge in [-0.05, 0) is 50.3 Å². The first-order valence-corrected chi connectivity index (χ1v) is 8.33. The molecule has 6 nitrogen and oxygen atoms in total. The van der Waals surface area contributed by atoms with E-state index in [0.717, 1.165) is 43.4 Å². The van der Waals surface area contributed by atoms with Gasteiger partial charge in [-0.25, -0.2) is 9.97 Å². The van der Waals surface area contributed by atoms with E-state index in [4.69, 9.17) is 0 Å². The van der Waals surface area contributed by atoms with Crippen LogP contribution in [0.25, 0.3) is 0 Å². The van der Waals surface area contributed by atoms with Crippen LogP contribution in [-0.2, 0) is 12.8 Å². The molecule has 2 aliphatic rings. The summed E-state index contributed by atoms with van der Waals surface area (Å²) in [6.07, 6.45) is 6.57. The van der Waals surface area contributed by atoms with Gasteiger partial charge in [0.15, 0.2) is 5.82 Å². The lowest BCUT2D eigenvalue weighted by atomic mass is 9.96. The van der Waals surface area contributed by atoms with Gasteiger partial charge in [0.05, 0.1) is 11.7 Å². The van der Waals surface area contributed by atoms with Gasteiger partial charge < -0.3 is 9.80 Å². The Kier molecular flexibility index (Phi) is 3.59. The molecule has 0 atom stereocenters. The number of aryl methyl sites for hydroxylation is 3. The van der Waals surface area contributed by atoms with Crippen LogP contribution in [0, 0.1) is 6.92 Å². The third kappa shape index (κ3) is 2.73. The maximum atomic E-state index is 4.50. The van der Waals surface area contributed by atoms with Gasteiger partial charge in [0, 0.05) is 26.3 Å². The minimum atomic E-state index is 0.460. The zero-order valence-corrected chi connectivity index (χ0v) is 13.7. The molecule has 0 radical (unpaired) electrons. The van der Waals surface area contributed by atoms with E-state index in [1.807, 2.05) is 19.2 Å². The molecule has 2 aromatic rings. The lowest BCUT2D eigenvalue weighted by Crippen LogP contribution is -2.59. The highest BCUT2D eigenvalue weighted by Gasteiger charge is 2.32. The fourth-order valence-electron chi connectivity index (χ4n) is 3.35. The van der Waals surface area contributed by atoms with Crippen molar-refractivity contribution < 1.29 is 0 Å². The number of anilines is 2. The standard InChI is InChI=1S/C17H22N6/c1-12-18-8-7-16(19-12)22(2)14-10-23(11-14)17-9-13-5-3-4-6-15(13)20-21-17/h7-9,14H,3-6,10-11H2,1-2H3. The van der Waals surface area contributed by atoms with E-state index in [2.05, 4.69) is 43.1 Å². The van der Waals surface area contributed by atoms with Crippen LogP contribution in [0.5, 0.6) is 0 Å². The van der Waals surface area contributed by atoms with E-state index < -0.39 is 0 Å². The molecule has 0 saturated carbocycles. The Balaban J connectivity index is 1.43. The summed E-state index contributed by atoms with van der Waals surface area (Å²) in [5.74, 6) is 2.82. The molecule has 0 amide bonds. The number of nitrogens with zero attached hydrogens (tertiary/aromatic N) is 6. The van der Waals surface area contributed by atoms with E-state index in [0.29, 0.717) is 6.04 Å². The number of fused-ring (bicyclic) bond motifs is 1. The van der Waals surface area contributed by atoms with Crippen molar-refractivity contribution >= 4 is 11.6 Å². The van der Waals surface area contributed by atoms with Gasteiger partial charge in [-0.2, -0.15) is 5.10 Å². The Hall–Kier alpha value is -2.24. The van der Waals surface area contributed by atoms with Gasteiger partial charge in [0.25, 0.3) is 0 Å². The lowest BCUT2D eigenvalue weighted by Gasteiger charge is -2.45. The topological polar surface area (TPSA) is 58.0 Å². The van der Waals surface area contributed by atoms with Crippen molar-refractivity contribution in [1.29, 1.82) is 0 Å². The molecule has 1 saturated heterocycles. The summed E-state index contributed by atoms with van der Waals surface area (Å²) >= 11 is 0. The van der Waals surface area contributed by atoms with Crippen molar-refractivity contribution in [1.82, 2.24) is 20.2 Å². The Bertz CT molecular complexity index is 710. The molecule has 0 N–H and O–H groups in total. The third-order valence-electron chi connectivity index (χ3n) is 4.91. The van der Waals surface area contributed by atoms with Crippen LogP contribution in [0.4, 0.5) is 11.6 Å². The summed E-state index contributed by atoms with van der Waals surface area (Å²) in [5, 5.41) is 8.86. The first kappa shape index (κ1) is 14.4. The molecule has 3 heterocycles. The molecule has 6 heteroatoms. The van der Waals surface area contributed by atoms with Crippen molar-refractivity contribution in [2.75, 3.05) is 29.9 Å². The molecule has 0 aromatic carbocycles. The molecule has 0 bridgehead atoms. The van der Waals surface area contributed by atoms with Crippen LogP contribution in [0.15, 0.2) is 18.3 Å². The molecule has 4 rings (SSSR count). The second-order valence-corrected chi connectivity index (χ2v) is 6.51. The number of hydrogen-bond acceptors (Lipinski definition) is 6. The predicted octanol–water partition coefficient (Wildman–Crippen LogP) is 1.78. The van der Waals surface area contributed by atoms with E-state index >= 15 is 0 Å². The smallest absolute Gasteiger partial charge is 0.151 e. The van der Waals surface area contributed by atoms with E-state index in [-0.39, 0.29) is 0 Å². The monoisotopic (exact) mass is 310 g/mol. The van der Waals surface area contributed by atoms with Crippen molar-refractivity contribution in [3.05, 3.63) is 35.4 Å². The average molecular weight is 310 g/mol. The van der Waals surface area contributed by atoms with Crippen LogP contribution >= 0.6 is 0 Å². The molecule has 23 heavy (non-hydrogen) atoms. The summed E-state index contributed by atoms with van der Waals surface area (Å²) in [4.78, 5) is 13.2. The number of likely N-dealkylation sites (N-methyl/N-ethyl adjacent to an activating group) is 1. The maximum Gasteiger partial charge on any atom is 0.151 e. The number of hydrogen-bond donors (Lipinski definition) is 0. The molecule has 1 aliphatic heterocycles. The molecule has 2 aromatic heterocycles. The first-order valence-electron chi connectivity index (χ1n) is 8.33. The maximum absolute atomic E-state index is 4.50. The largest absolute Gasteiger partial charge is 0.353 e. The minimum Gasteiger partial charge on any atom is -0.353 e. The molecule has 0 unspecified atom stereocenters. The van der Waals surface area contributed by atoms with Crippen LogP contribution in [0.1, 0.15) is 29.9 Å². The molecule has 0 spiro atoms. The zero-order chi connectivity index (χ0) is 15.8. The SMILES string of the molecule is Cc1nccc(N(C)C2CN(c3cc4c(nn3)CCCC4)C2)n1. The Morgan fingerprint density at radius 2 is 2.00 bits per heavy atom. The van der Waals surface area contributed by atoms with Crippen molar-refractivity contribution in [3.63, 3.8) is 0 Å². The van der Waals surface area contributed by atoms with Crippen molar-refractivity contribution in [3.8, 4) is 0 Å². The molecule has 1 aliphatic carbocycles. The summed E-state index contributed by atoms with van der Waals surface area (Å²) in [7, 11) is 2.10. The highest BCUT2D eigenvalue weighted by atomic mass is 15.4. The highest BCUT2D eigenvalue weighted by Crippen LogP contribution is 2.27. The number of aromatic nitrogens is 4. The first-order chi connectivity index (χ1) is 11.2. The fourth-order valence-corrected chi connectivity index (χ4v) is 3.35. The summed E-state index contributed by atoms with van der Waals surface area (Å²) < 4.78 is 0. The van der Waals surface area contributed by atoms with E-state index in [9.17, 15) is 0 Å². The Labute approximate surface area is 136 Å². The molecule has 120 valence electrons. The Morgan fingerprint density at radius 3 is 2.83 bits per heavy atom. The Morgan fingerprint density at radius 1 is 1.17 bits per heavy atom. The van der Waals surface area contributed by atoms with Crippen LogP contribution in [0.2, 0.25) is 0 Å². The van der Waals surface area contributed by atoms with E-state index in [1.165, 1.54) is 24.1 Å². The summed E-state index contributed by atoms with van der Waals surface area (Å²) in [5.41, 5.74) is 2.59. The van der Waals surface area contributed by atoms with Crippen LogP contribution in [-0.4, -0.2) is 46.3 Å². The van der Waals surface area contributed by atoms with Gasteiger partial charge in [-0.1, -0.05) is 0 Å². The quantitative estimate of drug-likeness (QED) is 0.861. The molecule has 1 fully saturated rings. The second kappa shape index (κ2) is 5.76.